The minimum atomic E-state index is 0.535. The van der Waals surface area contributed by atoms with E-state index in [9.17, 15) is 0 Å². The van der Waals surface area contributed by atoms with Gasteiger partial charge in [0.1, 0.15) is 5.49 Å². The summed E-state index contributed by atoms with van der Waals surface area (Å²) in [7, 11) is 3.75. The van der Waals surface area contributed by atoms with E-state index in [0.717, 1.165) is 0 Å². The molecule has 0 spiro atoms. The van der Waals surface area contributed by atoms with Crippen LogP contribution in [0, 0.1) is 5.41 Å². The van der Waals surface area contributed by atoms with Crippen molar-refractivity contribution < 1.29 is 0 Å². The van der Waals surface area contributed by atoms with Crippen LogP contribution < -0.4 is 5.49 Å². The van der Waals surface area contributed by atoms with Crippen molar-refractivity contribution >= 4 is 0 Å². The second-order valence-corrected chi connectivity index (χ2v) is 1.80. The van der Waals surface area contributed by atoms with Gasteiger partial charge in [0, 0.05) is 20.3 Å². The van der Waals surface area contributed by atoms with Gasteiger partial charge in [0.25, 0.3) is 0 Å². The fourth-order valence-corrected chi connectivity index (χ4v) is 0.556. The lowest BCUT2D eigenvalue weighted by Crippen LogP contribution is -2.16. The summed E-state index contributed by atoms with van der Waals surface area (Å²) in [5.41, 5.74) is 0.535. The second-order valence-electron chi connectivity index (χ2n) is 1.80. The van der Waals surface area contributed by atoms with Crippen molar-refractivity contribution in [2.24, 2.45) is 14.1 Å². The summed E-state index contributed by atoms with van der Waals surface area (Å²) in [5, 5.41) is 7.18. The first-order valence-corrected chi connectivity index (χ1v) is 2.45. The van der Waals surface area contributed by atoms with Crippen LogP contribution in [-0.4, -0.2) is 9.36 Å². The molecule has 0 aliphatic rings. The molecule has 1 heterocycles. The van der Waals surface area contributed by atoms with E-state index in [1.165, 1.54) is 0 Å². The Bertz CT molecular complexity index is 230. The molecule has 8 heavy (non-hydrogen) atoms. The molecule has 0 fully saturated rings. The van der Waals surface area contributed by atoms with Gasteiger partial charge in [0.2, 0.25) is 0 Å². The highest BCUT2D eigenvalue weighted by atomic mass is 15.4. The highest BCUT2D eigenvalue weighted by Crippen LogP contribution is 1.72. The summed E-state index contributed by atoms with van der Waals surface area (Å²) in [6.45, 7) is 0. The Kier molecular flexibility index (Phi) is 0.970. The van der Waals surface area contributed by atoms with Crippen molar-refractivity contribution in [3.8, 4) is 0 Å². The Hall–Kier alpha value is -0.990. The third kappa shape index (κ3) is 0.559. The van der Waals surface area contributed by atoms with Crippen LogP contribution in [0.3, 0.4) is 0 Å². The molecule has 0 aromatic carbocycles. The molecule has 1 aromatic heterocycles. The maximum absolute atomic E-state index is 7.18. The van der Waals surface area contributed by atoms with Gasteiger partial charge in [0.15, 0.2) is 0 Å². The van der Waals surface area contributed by atoms with E-state index < -0.39 is 0 Å². The number of hydrogen-bond acceptors (Lipinski definition) is 1. The molecule has 0 aliphatic carbocycles. The minimum Gasteiger partial charge on any atom is -0.295 e. The van der Waals surface area contributed by atoms with Gasteiger partial charge in [0.05, 0.1) is 0 Å². The van der Waals surface area contributed by atoms with Gasteiger partial charge in [-0.3, -0.25) is 14.8 Å². The summed E-state index contributed by atoms with van der Waals surface area (Å²) in [4.78, 5) is 0. The first kappa shape index (κ1) is 5.15. The molecule has 1 aromatic rings. The monoisotopic (exact) mass is 111 g/mol. The van der Waals surface area contributed by atoms with Crippen molar-refractivity contribution in [2.45, 2.75) is 0 Å². The van der Waals surface area contributed by atoms with E-state index in [-0.39, 0.29) is 0 Å². The molecule has 44 valence electrons. The van der Waals surface area contributed by atoms with Crippen molar-refractivity contribution in [2.75, 3.05) is 0 Å². The standard InChI is InChI=1S/C5H9N3/c1-7-4-3-5(6)8(7)2/h3-4,6H,1-2H3. The number of aromatic nitrogens is 2. The Morgan fingerprint density at radius 1 is 1.50 bits per heavy atom. The Balaban J connectivity index is 3.41. The van der Waals surface area contributed by atoms with Gasteiger partial charge in [-0.1, -0.05) is 0 Å². The SMILES string of the molecule is Cn1ccc(=N)n1C. The van der Waals surface area contributed by atoms with Crippen LogP contribution in [0.5, 0.6) is 0 Å². The lowest BCUT2D eigenvalue weighted by atomic mass is 10.7. The zero-order valence-corrected chi connectivity index (χ0v) is 5.05. The first-order chi connectivity index (χ1) is 3.72. The van der Waals surface area contributed by atoms with E-state index in [0.29, 0.717) is 5.49 Å². The van der Waals surface area contributed by atoms with Crippen molar-refractivity contribution in [3.05, 3.63) is 17.8 Å². The number of rotatable bonds is 0. The van der Waals surface area contributed by atoms with Crippen LogP contribution in [0.1, 0.15) is 0 Å². The summed E-state index contributed by atoms with van der Waals surface area (Å²) < 4.78 is 3.60. The largest absolute Gasteiger partial charge is 0.295 e. The molecule has 0 amide bonds. The fraction of sp³-hybridized carbons (Fsp3) is 0.400. The van der Waals surface area contributed by atoms with Crippen molar-refractivity contribution in [3.63, 3.8) is 0 Å². The highest BCUT2D eigenvalue weighted by molar-refractivity contribution is 4.77. The molecular formula is C5H9N3. The van der Waals surface area contributed by atoms with Gasteiger partial charge >= 0.3 is 0 Å². The molecule has 0 atom stereocenters. The fourth-order valence-electron chi connectivity index (χ4n) is 0.556. The zero-order valence-electron chi connectivity index (χ0n) is 5.05. The Labute approximate surface area is 47.7 Å². The molecule has 1 N–H and O–H groups in total. The third-order valence-electron chi connectivity index (χ3n) is 1.27. The topological polar surface area (TPSA) is 33.7 Å². The van der Waals surface area contributed by atoms with Crippen LogP contribution in [0.4, 0.5) is 0 Å². The summed E-state index contributed by atoms with van der Waals surface area (Å²) in [6, 6.07) is 1.75. The van der Waals surface area contributed by atoms with Gasteiger partial charge in [-0.25, -0.2) is 0 Å². The minimum absolute atomic E-state index is 0.535. The zero-order chi connectivity index (χ0) is 6.15. The number of nitrogens with zero attached hydrogens (tertiary/aromatic N) is 2. The van der Waals surface area contributed by atoms with Crippen LogP contribution >= 0.6 is 0 Å². The van der Waals surface area contributed by atoms with E-state index in [1.54, 1.807) is 10.7 Å². The van der Waals surface area contributed by atoms with Crippen LogP contribution in [0.25, 0.3) is 0 Å². The van der Waals surface area contributed by atoms with Crippen LogP contribution in [-0.2, 0) is 14.1 Å². The highest BCUT2D eigenvalue weighted by Gasteiger charge is 1.84. The Morgan fingerprint density at radius 2 is 2.12 bits per heavy atom. The first-order valence-electron chi connectivity index (χ1n) is 2.45. The molecule has 0 radical (unpaired) electrons. The van der Waals surface area contributed by atoms with Crippen molar-refractivity contribution in [1.82, 2.24) is 9.36 Å². The molecule has 0 unspecified atom stereocenters. The second kappa shape index (κ2) is 1.51. The smallest absolute Gasteiger partial charge is 0.140 e. The molecule has 0 aliphatic heterocycles. The normalized spacial score (nSPS) is 9.75. The molecule has 3 heteroatoms. The molecule has 0 bridgehead atoms. The van der Waals surface area contributed by atoms with Crippen LogP contribution in [0.15, 0.2) is 12.3 Å². The van der Waals surface area contributed by atoms with E-state index in [2.05, 4.69) is 0 Å². The van der Waals surface area contributed by atoms with E-state index >= 15 is 0 Å². The number of aryl methyl sites for hydroxylation is 1. The average molecular weight is 111 g/mol. The summed E-state index contributed by atoms with van der Waals surface area (Å²) >= 11 is 0. The molecular weight excluding hydrogens is 102 g/mol. The van der Waals surface area contributed by atoms with Gasteiger partial charge in [-0.15, -0.1) is 0 Å². The lowest BCUT2D eigenvalue weighted by molar-refractivity contribution is 0.567. The quantitative estimate of drug-likeness (QED) is 0.483. The maximum Gasteiger partial charge on any atom is 0.140 e. The van der Waals surface area contributed by atoms with E-state index in [1.807, 2.05) is 25.0 Å². The van der Waals surface area contributed by atoms with Crippen molar-refractivity contribution in [1.29, 1.82) is 5.41 Å². The summed E-state index contributed by atoms with van der Waals surface area (Å²) in [6.07, 6.45) is 1.85. The lowest BCUT2D eigenvalue weighted by Gasteiger charge is -1.96. The molecule has 0 saturated heterocycles. The van der Waals surface area contributed by atoms with E-state index in [4.69, 9.17) is 5.41 Å². The van der Waals surface area contributed by atoms with Gasteiger partial charge in [-0.2, -0.15) is 0 Å². The van der Waals surface area contributed by atoms with Gasteiger partial charge < -0.3 is 0 Å². The maximum atomic E-state index is 7.18. The molecule has 0 saturated carbocycles. The number of hydrogen-bond donors (Lipinski definition) is 1. The van der Waals surface area contributed by atoms with Gasteiger partial charge in [-0.05, 0) is 6.07 Å². The summed E-state index contributed by atoms with van der Waals surface area (Å²) in [5.74, 6) is 0. The predicted octanol–water partition coefficient (Wildman–Crippen LogP) is -0.157. The number of nitrogens with one attached hydrogen (secondary N) is 1. The molecule has 1 rings (SSSR count). The average Bonchev–Trinajstić information content (AvgIpc) is 1.98. The third-order valence-corrected chi connectivity index (χ3v) is 1.27. The molecule has 3 nitrogen and oxygen atoms in total. The van der Waals surface area contributed by atoms with Crippen LogP contribution in [0.2, 0.25) is 0 Å². The Morgan fingerprint density at radius 3 is 2.25 bits per heavy atom. The predicted molar refractivity (Wildman–Crippen MR) is 30.2 cm³/mol.